The number of anilines is 1. The molecule has 8 nitrogen and oxygen atoms in total. The molecule has 0 saturated heterocycles. The second-order valence-corrected chi connectivity index (χ2v) is 7.44. The molecule has 2 heterocycles. The second kappa shape index (κ2) is 9.84. The lowest BCUT2D eigenvalue weighted by molar-refractivity contribution is 0.102. The molecule has 3 rings (SSSR count). The Hall–Kier alpha value is -3.46. The summed E-state index contributed by atoms with van der Waals surface area (Å²) in [7, 11) is 2.95. The van der Waals surface area contributed by atoms with Crippen LogP contribution in [0.25, 0.3) is 0 Å². The van der Waals surface area contributed by atoms with Crippen molar-refractivity contribution in [1.29, 1.82) is 0 Å². The summed E-state index contributed by atoms with van der Waals surface area (Å²) in [5, 5.41) is 2.95. The molecular formula is C21H21N3O5S. The molecule has 30 heavy (non-hydrogen) atoms. The van der Waals surface area contributed by atoms with Crippen LogP contribution in [0.2, 0.25) is 0 Å². The van der Waals surface area contributed by atoms with Gasteiger partial charge in [-0.05, 0) is 42.0 Å². The van der Waals surface area contributed by atoms with E-state index < -0.39 is 16.7 Å². The Kier molecular flexibility index (Phi) is 6.97. The second-order valence-electron chi connectivity index (χ2n) is 6.07. The van der Waals surface area contributed by atoms with Crippen molar-refractivity contribution in [1.82, 2.24) is 9.97 Å². The molecule has 0 radical (unpaired) electrons. The van der Waals surface area contributed by atoms with Crippen LogP contribution in [0.15, 0.2) is 60.0 Å². The number of carbonyl (C=O) groups excluding carboxylic acids is 1. The van der Waals surface area contributed by atoms with Crippen molar-refractivity contribution in [2.45, 2.75) is 10.8 Å². The zero-order valence-electron chi connectivity index (χ0n) is 16.7. The largest absolute Gasteiger partial charge is 0.493 e. The summed E-state index contributed by atoms with van der Waals surface area (Å²) in [6.45, 7) is 0. The van der Waals surface area contributed by atoms with Gasteiger partial charge in [0.05, 0.1) is 43.4 Å². The third-order valence-corrected chi connectivity index (χ3v) is 5.54. The minimum atomic E-state index is -1.59. The van der Waals surface area contributed by atoms with Gasteiger partial charge in [0, 0.05) is 24.3 Å². The van der Waals surface area contributed by atoms with Gasteiger partial charge in [-0.3, -0.25) is 14.0 Å². The number of hydrogen-bond acceptors (Lipinski definition) is 7. The Morgan fingerprint density at radius 2 is 1.67 bits per heavy atom. The van der Waals surface area contributed by atoms with Crippen LogP contribution in [0.5, 0.6) is 17.2 Å². The molecule has 1 aromatic carbocycles. The average molecular weight is 427 g/mol. The predicted octanol–water partition coefficient (Wildman–Crippen LogP) is 3.06. The molecule has 1 N–H and O–H groups in total. The summed E-state index contributed by atoms with van der Waals surface area (Å²) in [5.41, 5.74) is 1.51. The topological polar surface area (TPSA) is 99.6 Å². The fourth-order valence-corrected chi connectivity index (χ4v) is 4.01. The highest BCUT2D eigenvalue weighted by atomic mass is 32.2. The van der Waals surface area contributed by atoms with Crippen LogP contribution >= 0.6 is 0 Å². The van der Waals surface area contributed by atoms with Crippen LogP contribution in [0.4, 0.5) is 5.69 Å². The minimum absolute atomic E-state index is 0.114. The molecule has 0 aliphatic heterocycles. The number of carbonyl (C=O) groups is 1. The molecule has 0 fully saturated rings. The van der Waals surface area contributed by atoms with Gasteiger partial charge in [-0.25, -0.2) is 4.98 Å². The van der Waals surface area contributed by atoms with Gasteiger partial charge < -0.3 is 19.5 Å². The van der Waals surface area contributed by atoms with Crippen LogP contribution in [0.3, 0.4) is 0 Å². The van der Waals surface area contributed by atoms with Gasteiger partial charge in [0.2, 0.25) is 5.75 Å². The van der Waals surface area contributed by atoms with E-state index in [4.69, 9.17) is 14.2 Å². The van der Waals surface area contributed by atoms with Crippen LogP contribution < -0.4 is 19.5 Å². The average Bonchev–Trinajstić information content (AvgIpc) is 2.78. The first-order chi connectivity index (χ1) is 14.6. The zero-order valence-corrected chi connectivity index (χ0v) is 17.6. The van der Waals surface area contributed by atoms with Crippen LogP contribution in [-0.4, -0.2) is 41.4 Å². The third-order valence-electron chi connectivity index (χ3n) is 4.19. The molecule has 1 amide bonds. The van der Waals surface area contributed by atoms with E-state index in [2.05, 4.69) is 15.3 Å². The Morgan fingerprint density at radius 1 is 1.00 bits per heavy atom. The number of benzene rings is 1. The van der Waals surface area contributed by atoms with Gasteiger partial charge in [0.25, 0.3) is 5.91 Å². The number of nitrogens with one attached hydrogen (secondary N) is 1. The quantitative estimate of drug-likeness (QED) is 0.590. The maximum absolute atomic E-state index is 13.1. The summed E-state index contributed by atoms with van der Waals surface area (Å²) in [6, 6.07) is 9.99. The van der Waals surface area contributed by atoms with Crippen molar-refractivity contribution >= 4 is 22.4 Å². The number of pyridine rings is 2. The molecule has 2 aromatic heterocycles. The van der Waals surface area contributed by atoms with Crippen LogP contribution in [0, 0.1) is 0 Å². The molecule has 1 atom stereocenters. The molecular weight excluding hydrogens is 406 g/mol. The Balaban J connectivity index is 1.87. The molecule has 9 heteroatoms. The van der Waals surface area contributed by atoms with Crippen molar-refractivity contribution < 1.29 is 23.2 Å². The van der Waals surface area contributed by atoms with Crippen molar-refractivity contribution in [2.24, 2.45) is 0 Å². The summed E-state index contributed by atoms with van der Waals surface area (Å²) in [4.78, 5) is 20.8. The van der Waals surface area contributed by atoms with Crippen molar-refractivity contribution in [3.8, 4) is 17.2 Å². The van der Waals surface area contributed by atoms with Gasteiger partial charge in [0.15, 0.2) is 11.5 Å². The van der Waals surface area contributed by atoms with E-state index >= 15 is 0 Å². The third kappa shape index (κ3) is 4.74. The van der Waals surface area contributed by atoms with Gasteiger partial charge in [-0.2, -0.15) is 0 Å². The summed E-state index contributed by atoms with van der Waals surface area (Å²) < 4.78 is 29.1. The fourth-order valence-electron chi connectivity index (χ4n) is 2.82. The monoisotopic (exact) mass is 427 g/mol. The lowest BCUT2D eigenvalue weighted by Gasteiger charge is -2.14. The fraction of sp³-hybridized carbons (Fsp3) is 0.190. The van der Waals surface area contributed by atoms with E-state index in [1.54, 1.807) is 48.8 Å². The standard InChI is InChI=1S/C21H21N3O5S/c1-27-17-11-14(12-18(28-2)19(17)29-3)13-30(26)21-16(5-4-8-23-21)20(25)24-15-6-9-22-10-7-15/h4-12H,13H2,1-3H3,(H,22,24,25). The molecule has 156 valence electrons. The van der Waals surface area contributed by atoms with Crippen molar-refractivity contribution in [2.75, 3.05) is 26.6 Å². The highest BCUT2D eigenvalue weighted by Gasteiger charge is 2.20. The normalized spacial score (nSPS) is 11.4. The number of amides is 1. The lowest BCUT2D eigenvalue weighted by Crippen LogP contribution is -2.16. The first-order valence-corrected chi connectivity index (χ1v) is 10.2. The molecule has 1 unspecified atom stereocenters. The number of ether oxygens (including phenoxy) is 3. The first kappa shape index (κ1) is 21.3. The molecule has 3 aromatic rings. The Bertz CT molecular complexity index is 1030. The number of rotatable bonds is 8. The highest BCUT2D eigenvalue weighted by molar-refractivity contribution is 7.84. The number of hydrogen-bond donors (Lipinski definition) is 1. The molecule has 0 bridgehead atoms. The molecule has 0 saturated carbocycles. The summed E-state index contributed by atoms with van der Waals surface area (Å²) in [6.07, 6.45) is 4.65. The Labute approximate surface area is 176 Å². The highest BCUT2D eigenvalue weighted by Crippen LogP contribution is 2.38. The van der Waals surface area contributed by atoms with Gasteiger partial charge >= 0.3 is 0 Å². The van der Waals surface area contributed by atoms with E-state index in [0.717, 1.165) is 0 Å². The van der Waals surface area contributed by atoms with Crippen molar-refractivity contribution in [3.05, 3.63) is 66.1 Å². The maximum Gasteiger partial charge on any atom is 0.258 e. The van der Waals surface area contributed by atoms with Gasteiger partial charge in [-0.15, -0.1) is 0 Å². The number of nitrogens with zero attached hydrogens (tertiary/aromatic N) is 2. The predicted molar refractivity (Wildman–Crippen MR) is 113 cm³/mol. The van der Waals surface area contributed by atoms with Crippen LogP contribution in [0.1, 0.15) is 15.9 Å². The van der Waals surface area contributed by atoms with E-state index in [9.17, 15) is 9.00 Å². The van der Waals surface area contributed by atoms with Crippen molar-refractivity contribution in [3.63, 3.8) is 0 Å². The maximum atomic E-state index is 13.1. The first-order valence-electron chi connectivity index (χ1n) is 8.91. The SMILES string of the molecule is COc1cc(CS(=O)c2ncccc2C(=O)Nc2ccncc2)cc(OC)c1OC. The van der Waals surface area contributed by atoms with E-state index in [0.29, 0.717) is 28.5 Å². The Morgan fingerprint density at radius 3 is 2.27 bits per heavy atom. The summed E-state index contributed by atoms with van der Waals surface area (Å²) in [5.74, 6) is 1.08. The van der Waals surface area contributed by atoms with E-state index in [-0.39, 0.29) is 16.3 Å². The zero-order chi connectivity index (χ0) is 21.5. The lowest BCUT2D eigenvalue weighted by atomic mass is 10.2. The van der Waals surface area contributed by atoms with Gasteiger partial charge in [0.1, 0.15) is 5.03 Å². The smallest absolute Gasteiger partial charge is 0.258 e. The van der Waals surface area contributed by atoms with Gasteiger partial charge in [-0.1, -0.05) is 0 Å². The molecule has 0 aliphatic carbocycles. The minimum Gasteiger partial charge on any atom is -0.493 e. The van der Waals surface area contributed by atoms with E-state index in [1.165, 1.54) is 27.5 Å². The number of methoxy groups -OCH3 is 3. The molecule has 0 aliphatic rings. The molecule has 0 spiro atoms. The van der Waals surface area contributed by atoms with E-state index in [1.807, 2.05) is 0 Å². The van der Waals surface area contributed by atoms with Crippen LogP contribution in [-0.2, 0) is 16.6 Å². The number of aromatic nitrogens is 2. The summed E-state index contributed by atoms with van der Waals surface area (Å²) >= 11 is 0.